The first kappa shape index (κ1) is 24.2. The normalized spacial score (nSPS) is 24.1. The number of rotatable bonds is 8. The van der Waals surface area contributed by atoms with E-state index < -0.39 is 53.4 Å². The molecule has 1 aromatic carbocycles. The number of phenols is 1. The topological polar surface area (TPSA) is 182 Å². The van der Waals surface area contributed by atoms with Gasteiger partial charge < -0.3 is 31.5 Å². The number of carbonyl (C=O) groups is 3. The molecule has 166 valence electrons. The average molecular weight is 464 g/mol. The number of aliphatic carboxylic acids is 2. The van der Waals surface area contributed by atoms with Gasteiger partial charge in [-0.3, -0.25) is 14.9 Å². The molecule has 0 aromatic heterocycles. The molecular formula is C18H23Cl2N3O7. The average Bonchev–Trinajstić information content (AvgIpc) is 3.09. The third-order valence-corrected chi connectivity index (χ3v) is 5.71. The van der Waals surface area contributed by atoms with Crippen LogP contribution in [0, 0.1) is 0 Å². The molecule has 1 aliphatic heterocycles. The molecular weight excluding hydrogens is 441 g/mol. The molecule has 0 aliphatic carbocycles. The van der Waals surface area contributed by atoms with E-state index >= 15 is 0 Å². The zero-order valence-electron chi connectivity index (χ0n) is 15.9. The number of nitrogens with one attached hydrogen (secondary N) is 2. The highest BCUT2D eigenvalue weighted by Crippen LogP contribution is 2.33. The lowest BCUT2D eigenvalue weighted by atomic mass is 9.87. The Bertz CT molecular complexity index is 828. The number of aromatic hydroxyl groups is 1. The monoisotopic (exact) mass is 463 g/mol. The van der Waals surface area contributed by atoms with E-state index in [4.69, 9.17) is 28.9 Å². The second-order valence-corrected chi connectivity index (χ2v) is 8.16. The van der Waals surface area contributed by atoms with Crippen LogP contribution < -0.4 is 16.4 Å². The van der Waals surface area contributed by atoms with Gasteiger partial charge in [0.25, 0.3) is 5.91 Å². The molecule has 5 unspecified atom stereocenters. The van der Waals surface area contributed by atoms with E-state index in [1.807, 2.05) is 0 Å². The third-order valence-electron chi connectivity index (χ3n) is 5.14. The van der Waals surface area contributed by atoms with Gasteiger partial charge in [-0.25, -0.2) is 4.79 Å². The van der Waals surface area contributed by atoms with Crippen LogP contribution in [0.4, 0.5) is 0 Å². The molecule has 0 radical (unpaired) electrons. The minimum Gasteiger partial charge on any atom is -0.505 e. The molecule has 0 bridgehead atoms. The fourth-order valence-electron chi connectivity index (χ4n) is 3.51. The number of phenolic OH excluding ortho intramolecular Hbond substituents is 1. The van der Waals surface area contributed by atoms with Crippen molar-refractivity contribution in [2.45, 2.75) is 56.0 Å². The summed E-state index contributed by atoms with van der Waals surface area (Å²) in [5.41, 5.74) is 3.90. The van der Waals surface area contributed by atoms with Gasteiger partial charge in [0.15, 0.2) is 5.75 Å². The quantitative estimate of drug-likeness (QED) is 0.289. The summed E-state index contributed by atoms with van der Waals surface area (Å²) in [5, 5.41) is 43.7. The van der Waals surface area contributed by atoms with E-state index in [1.54, 1.807) is 0 Å². The Labute approximate surface area is 182 Å². The Morgan fingerprint density at radius 3 is 2.33 bits per heavy atom. The zero-order valence-corrected chi connectivity index (χ0v) is 17.4. The minimum absolute atomic E-state index is 0.0408. The Hall–Kier alpha value is -2.11. The van der Waals surface area contributed by atoms with Crippen LogP contribution in [0.25, 0.3) is 0 Å². The van der Waals surface area contributed by atoms with Crippen LogP contribution in [-0.2, 0) is 9.59 Å². The van der Waals surface area contributed by atoms with Crippen molar-refractivity contribution in [3.8, 4) is 5.75 Å². The predicted octanol–water partition coefficient (Wildman–Crippen LogP) is 0.556. The van der Waals surface area contributed by atoms with Crippen molar-refractivity contribution in [3.05, 3.63) is 27.7 Å². The van der Waals surface area contributed by atoms with Crippen molar-refractivity contribution in [2.75, 3.05) is 0 Å². The van der Waals surface area contributed by atoms with Crippen LogP contribution in [0.15, 0.2) is 12.1 Å². The number of hydrogen-bond donors (Lipinski definition) is 7. The number of amides is 1. The molecule has 0 saturated carbocycles. The van der Waals surface area contributed by atoms with Gasteiger partial charge in [0, 0.05) is 17.6 Å². The van der Waals surface area contributed by atoms with Gasteiger partial charge in [-0.15, -0.1) is 0 Å². The Kier molecular flexibility index (Phi) is 7.54. The summed E-state index contributed by atoms with van der Waals surface area (Å²) >= 11 is 11.6. The lowest BCUT2D eigenvalue weighted by Gasteiger charge is -2.33. The van der Waals surface area contributed by atoms with Crippen LogP contribution >= 0.6 is 23.2 Å². The Balaban J connectivity index is 2.14. The first-order valence-electron chi connectivity index (χ1n) is 9.05. The number of nitrogens with two attached hydrogens (primary N) is 1. The number of hydrogen-bond acceptors (Lipinski definition) is 7. The number of carboxylic acid groups (broad SMARTS) is 2. The van der Waals surface area contributed by atoms with Gasteiger partial charge in [-0.2, -0.15) is 0 Å². The van der Waals surface area contributed by atoms with Crippen molar-refractivity contribution in [3.63, 3.8) is 0 Å². The van der Waals surface area contributed by atoms with Crippen molar-refractivity contribution in [1.82, 2.24) is 10.6 Å². The number of aliphatic hydroxyl groups is 1. The summed E-state index contributed by atoms with van der Waals surface area (Å²) in [7, 11) is 0. The molecule has 1 heterocycles. The van der Waals surface area contributed by atoms with E-state index in [9.17, 15) is 34.8 Å². The van der Waals surface area contributed by atoms with Crippen LogP contribution in [0.5, 0.6) is 5.75 Å². The summed E-state index contributed by atoms with van der Waals surface area (Å²) < 4.78 is 0. The zero-order chi connectivity index (χ0) is 22.8. The highest BCUT2D eigenvalue weighted by atomic mass is 35.5. The fourth-order valence-corrected chi connectivity index (χ4v) is 4.00. The first-order chi connectivity index (χ1) is 13.9. The maximum atomic E-state index is 12.4. The lowest BCUT2D eigenvalue weighted by molar-refractivity contribution is -0.150. The molecule has 0 spiro atoms. The number of carbonyl (C=O) groups excluding carboxylic acids is 1. The summed E-state index contributed by atoms with van der Waals surface area (Å²) in [4.78, 5) is 35.9. The van der Waals surface area contributed by atoms with Crippen molar-refractivity contribution < 1.29 is 34.8 Å². The lowest BCUT2D eigenvalue weighted by Crippen LogP contribution is -2.63. The maximum Gasteiger partial charge on any atom is 0.326 e. The molecule has 10 nitrogen and oxygen atoms in total. The first-order valence-corrected chi connectivity index (χ1v) is 9.81. The number of carboxylic acids is 2. The summed E-state index contributed by atoms with van der Waals surface area (Å²) in [5.74, 6) is -3.82. The van der Waals surface area contributed by atoms with Gasteiger partial charge in [0.2, 0.25) is 0 Å². The van der Waals surface area contributed by atoms with Crippen molar-refractivity contribution >= 4 is 41.0 Å². The molecule has 1 saturated heterocycles. The highest BCUT2D eigenvalue weighted by molar-refractivity contribution is 6.37. The van der Waals surface area contributed by atoms with Gasteiger partial charge in [0.05, 0.1) is 16.1 Å². The molecule has 1 aliphatic rings. The SMILES string of the molecule is CC(N)C(O)C1(C(=O)O)CCC(CC(NC(=O)c2cc(Cl)c(O)c(Cl)c2)C(=O)O)N1. The molecule has 5 atom stereocenters. The molecule has 1 aromatic rings. The van der Waals surface area contributed by atoms with Crippen LogP contribution in [0.1, 0.15) is 36.5 Å². The smallest absolute Gasteiger partial charge is 0.326 e. The second-order valence-electron chi connectivity index (χ2n) is 7.35. The molecule has 2 rings (SSSR count). The van der Waals surface area contributed by atoms with Crippen LogP contribution in [0.2, 0.25) is 10.0 Å². The molecule has 30 heavy (non-hydrogen) atoms. The molecule has 1 fully saturated rings. The van der Waals surface area contributed by atoms with Gasteiger partial charge in [0.1, 0.15) is 11.6 Å². The second kappa shape index (κ2) is 9.36. The molecule has 12 heteroatoms. The van der Waals surface area contributed by atoms with E-state index in [2.05, 4.69) is 10.6 Å². The van der Waals surface area contributed by atoms with Crippen molar-refractivity contribution in [2.24, 2.45) is 5.73 Å². The standard InChI is InChI=1S/C18H23Cl2N3O7/c1-7(21)14(25)18(17(29)30)3-2-9(23-18)6-12(16(27)28)22-15(26)8-4-10(19)13(24)11(20)5-8/h4-5,7,9,12,14,23-25H,2-3,6,21H2,1H3,(H,22,26)(H,27,28)(H,29,30). The molecule has 8 N–H and O–H groups in total. The number of benzene rings is 1. The van der Waals surface area contributed by atoms with Gasteiger partial charge in [-0.1, -0.05) is 23.2 Å². The fraction of sp³-hybridized carbons (Fsp3) is 0.500. The number of halogens is 2. The summed E-state index contributed by atoms with van der Waals surface area (Å²) in [6.07, 6.45) is -1.23. The van der Waals surface area contributed by atoms with E-state index in [1.165, 1.54) is 6.92 Å². The largest absolute Gasteiger partial charge is 0.505 e. The van der Waals surface area contributed by atoms with Gasteiger partial charge in [-0.05, 0) is 38.3 Å². The number of aliphatic hydroxyl groups excluding tert-OH is 1. The summed E-state index contributed by atoms with van der Waals surface area (Å²) in [6, 6.07) is -0.522. The van der Waals surface area contributed by atoms with E-state index in [0.29, 0.717) is 0 Å². The maximum absolute atomic E-state index is 12.4. The Morgan fingerprint density at radius 1 is 1.30 bits per heavy atom. The van der Waals surface area contributed by atoms with Gasteiger partial charge >= 0.3 is 11.9 Å². The van der Waals surface area contributed by atoms with E-state index in [0.717, 1.165) is 12.1 Å². The van der Waals surface area contributed by atoms with Crippen LogP contribution in [-0.4, -0.2) is 68.0 Å². The highest BCUT2D eigenvalue weighted by Gasteiger charge is 2.52. The minimum atomic E-state index is -1.70. The predicted molar refractivity (Wildman–Crippen MR) is 108 cm³/mol. The summed E-state index contributed by atoms with van der Waals surface area (Å²) in [6.45, 7) is 1.47. The Morgan fingerprint density at radius 2 is 1.87 bits per heavy atom. The van der Waals surface area contributed by atoms with E-state index in [-0.39, 0.29) is 34.9 Å². The van der Waals surface area contributed by atoms with Crippen molar-refractivity contribution in [1.29, 1.82) is 0 Å². The van der Waals surface area contributed by atoms with Crippen LogP contribution in [0.3, 0.4) is 0 Å². The third kappa shape index (κ3) is 4.96. The molecule has 1 amide bonds.